The highest BCUT2D eigenvalue weighted by molar-refractivity contribution is 5.93. The Balaban J connectivity index is 2.73. The highest BCUT2D eigenvalue weighted by atomic mass is 16.5. The van der Waals surface area contributed by atoms with Crippen LogP contribution in [0, 0.1) is 0 Å². The molecule has 1 aromatic carbocycles. The Kier molecular flexibility index (Phi) is 3.04. The molecular formula is C13H16N2O2. The zero-order valence-corrected chi connectivity index (χ0v) is 10.5. The third-order valence-electron chi connectivity index (χ3n) is 2.71. The van der Waals surface area contributed by atoms with Gasteiger partial charge in [0.2, 0.25) is 0 Å². The number of benzene rings is 1. The van der Waals surface area contributed by atoms with Gasteiger partial charge in [0.1, 0.15) is 0 Å². The van der Waals surface area contributed by atoms with Gasteiger partial charge in [-0.15, -0.1) is 0 Å². The minimum absolute atomic E-state index is 0.698. The van der Waals surface area contributed by atoms with E-state index in [4.69, 9.17) is 9.47 Å². The quantitative estimate of drug-likeness (QED) is 0.813. The van der Waals surface area contributed by atoms with E-state index in [0.29, 0.717) is 5.75 Å². The van der Waals surface area contributed by atoms with Crippen molar-refractivity contribution in [2.75, 3.05) is 33.2 Å². The molecule has 1 aromatic heterocycles. The van der Waals surface area contributed by atoms with Gasteiger partial charge in [0.15, 0.2) is 11.5 Å². The lowest BCUT2D eigenvalue weighted by molar-refractivity contribution is 0.356. The van der Waals surface area contributed by atoms with Crippen LogP contribution in [0.25, 0.3) is 10.9 Å². The van der Waals surface area contributed by atoms with Gasteiger partial charge >= 0.3 is 0 Å². The molecular weight excluding hydrogens is 216 g/mol. The van der Waals surface area contributed by atoms with Crippen LogP contribution in [-0.2, 0) is 0 Å². The van der Waals surface area contributed by atoms with E-state index in [2.05, 4.69) is 9.88 Å². The third kappa shape index (κ3) is 1.98. The van der Waals surface area contributed by atoms with Crippen molar-refractivity contribution in [3.05, 3.63) is 24.4 Å². The lowest BCUT2D eigenvalue weighted by atomic mass is 10.1. The number of anilines is 1. The smallest absolute Gasteiger partial charge is 0.162 e. The molecule has 0 fully saturated rings. The number of pyridine rings is 1. The Morgan fingerprint density at radius 1 is 1.06 bits per heavy atom. The Labute approximate surface area is 101 Å². The maximum absolute atomic E-state index is 5.31. The second-order valence-corrected chi connectivity index (χ2v) is 3.95. The molecule has 0 atom stereocenters. The van der Waals surface area contributed by atoms with E-state index >= 15 is 0 Å². The predicted octanol–water partition coefficient (Wildman–Crippen LogP) is 2.32. The summed E-state index contributed by atoms with van der Waals surface area (Å²) < 4.78 is 10.6. The topological polar surface area (TPSA) is 34.6 Å². The molecule has 0 saturated carbocycles. The van der Waals surface area contributed by atoms with E-state index in [-0.39, 0.29) is 0 Å². The van der Waals surface area contributed by atoms with Gasteiger partial charge in [-0.1, -0.05) is 0 Å². The second kappa shape index (κ2) is 4.49. The zero-order valence-electron chi connectivity index (χ0n) is 10.5. The summed E-state index contributed by atoms with van der Waals surface area (Å²) in [6.07, 6.45) is 1.80. The predicted molar refractivity (Wildman–Crippen MR) is 69.2 cm³/mol. The van der Waals surface area contributed by atoms with Gasteiger partial charge < -0.3 is 14.4 Å². The largest absolute Gasteiger partial charge is 0.493 e. The molecule has 4 heteroatoms. The molecule has 0 N–H and O–H groups in total. The number of nitrogens with zero attached hydrogens (tertiary/aromatic N) is 2. The maximum Gasteiger partial charge on any atom is 0.162 e. The molecule has 4 nitrogen and oxygen atoms in total. The summed E-state index contributed by atoms with van der Waals surface area (Å²) in [5, 5.41) is 1.05. The first-order chi connectivity index (χ1) is 8.17. The highest BCUT2D eigenvalue weighted by Crippen LogP contribution is 2.34. The molecule has 0 aliphatic carbocycles. The first kappa shape index (κ1) is 11.5. The fourth-order valence-electron chi connectivity index (χ4n) is 1.85. The van der Waals surface area contributed by atoms with Crippen molar-refractivity contribution < 1.29 is 9.47 Å². The van der Waals surface area contributed by atoms with Gasteiger partial charge in [-0.3, -0.25) is 4.98 Å². The molecule has 0 saturated heterocycles. The number of aromatic nitrogens is 1. The fraction of sp³-hybridized carbons (Fsp3) is 0.308. The highest BCUT2D eigenvalue weighted by Gasteiger charge is 2.10. The summed E-state index contributed by atoms with van der Waals surface area (Å²) in [5.74, 6) is 1.42. The third-order valence-corrected chi connectivity index (χ3v) is 2.71. The first-order valence-corrected chi connectivity index (χ1v) is 5.35. The van der Waals surface area contributed by atoms with Crippen LogP contribution in [0.5, 0.6) is 11.5 Å². The summed E-state index contributed by atoms with van der Waals surface area (Å²) in [7, 11) is 7.27. The van der Waals surface area contributed by atoms with Crippen molar-refractivity contribution in [3.63, 3.8) is 0 Å². The lowest BCUT2D eigenvalue weighted by Crippen LogP contribution is -2.09. The van der Waals surface area contributed by atoms with Crippen molar-refractivity contribution in [1.82, 2.24) is 4.98 Å². The van der Waals surface area contributed by atoms with E-state index in [9.17, 15) is 0 Å². The second-order valence-electron chi connectivity index (χ2n) is 3.95. The number of hydrogen-bond acceptors (Lipinski definition) is 4. The molecule has 1 heterocycles. The number of rotatable bonds is 3. The zero-order chi connectivity index (χ0) is 12.4. The molecule has 2 rings (SSSR count). The Hall–Kier alpha value is -1.97. The Morgan fingerprint density at radius 2 is 1.71 bits per heavy atom. The molecule has 0 bridgehead atoms. The van der Waals surface area contributed by atoms with Crippen LogP contribution >= 0.6 is 0 Å². The fourth-order valence-corrected chi connectivity index (χ4v) is 1.85. The van der Waals surface area contributed by atoms with Crippen molar-refractivity contribution in [1.29, 1.82) is 0 Å². The standard InChI is InChI=1S/C13H16N2O2/c1-15(2)11-5-6-14-10-8-13(17-4)12(16-3)7-9(10)11/h5-8H,1-4H3. The minimum atomic E-state index is 0.698. The average molecular weight is 232 g/mol. The Bertz CT molecular complexity index is 538. The van der Waals surface area contributed by atoms with Gasteiger partial charge in [-0.25, -0.2) is 0 Å². The number of methoxy groups -OCH3 is 2. The van der Waals surface area contributed by atoms with Crippen LogP contribution in [0.3, 0.4) is 0 Å². The SMILES string of the molecule is COc1cc2nccc(N(C)C)c2cc1OC. The van der Waals surface area contributed by atoms with E-state index < -0.39 is 0 Å². The molecule has 90 valence electrons. The molecule has 0 aliphatic rings. The van der Waals surface area contributed by atoms with Gasteiger partial charge in [0, 0.05) is 37.4 Å². The number of fused-ring (bicyclic) bond motifs is 1. The summed E-state index contributed by atoms with van der Waals surface area (Å²) in [6, 6.07) is 5.83. The van der Waals surface area contributed by atoms with Crippen molar-refractivity contribution in [2.45, 2.75) is 0 Å². The van der Waals surface area contributed by atoms with Crippen LogP contribution in [0.1, 0.15) is 0 Å². The summed E-state index contributed by atoms with van der Waals surface area (Å²) >= 11 is 0. The Morgan fingerprint density at radius 3 is 2.29 bits per heavy atom. The summed E-state index contributed by atoms with van der Waals surface area (Å²) in [5.41, 5.74) is 2.00. The van der Waals surface area contributed by atoms with Crippen LogP contribution in [0.15, 0.2) is 24.4 Å². The molecule has 0 aliphatic heterocycles. The summed E-state index contributed by atoms with van der Waals surface area (Å²) in [4.78, 5) is 6.40. The minimum Gasteiger partial charge on any atom is -0.493 e. The molecule has 0 spiro atoms. The van der Waals surface area contributed by atoms with Crippen molar-refractivity contribution >= 4 is 16.6 Å². The molecule has 0 amide bonds. The van der Waals surface area contributed by atoms with Crippen molar-refractivity contribution in [3.8, 4) is 11.5 Å². The lowest BCUT2D eigenvalue weighted by Gasteiger charge is -2.16. The number of ether oxygens (including phenoxy) is 2. The van der Waals surface area contributed by atoms with Crippen LogP contribution in [-0.4, -0.2) is 33.3 Å². The molecule has 0 unspecified atom stereocenters. The van der Waals surface area contributed by atoms with Gasteiger partial charge in [-0.05, 0) is 12.1 Å². The van der Waals surface area contributed by atoms with E-state index in [1.807, 2.05) is 32.3 Å². The normalized spacial score (nSPS) is 10.4. The van der Waals surface area contributed by atoms with E-state index in [1.165, 1.54) is 0 Å². The molecule has 0 radical (unpaired) electrons. The van der Waals surface area contributed by atoms with E-state index in [0.717, 1.165) is 22.3 Å². The van der Waals surface area contributed by atoms with Crippen LogP contribution in [0.2, 0.25) is 0 Å². The maximum atomic E-state index is 5.31. The molecule has 17 heavy (non-hydrogen) atoms. The van der Waals surface area contributed by atoms with Gasteiger partial charge in [-0.2, -0.15) is 0 Å². The monoisotopic (exact) mass is 232 g/mol. The average Bonchev–Trinajstić information content (AvgIpc) is 2.35. The van der Waals surface area contributed by atoms with Crippen LogP contribution < -0.4 is 14.4 Å². The van der Waals surface area contributed by atoms with Gasteiger partial charge in [0.05, 0.1) is 19.7 Å². The van der Waals surface area contributed by atoms with Gasteiger partial charge in [0.25, 0.3) is 0 Å². The summed E-state index contributed by atoms with van der Waals surface area (Å²) in [6.45, 7) is 0. The first-order valence-electron chi connectivity index (χ1n) is 5.35. The number of hydrogen-bond donors (Lipinski definition) is 0. The molecule has 2 aromatic rings. The van der Waals surface area contributed by atoms with Crippen LogP contribution in [0.4, 0.5) is 5.69 Å². The van der Waals surface area contributed by atoms with Crippen molar-refractivity contribution in [2.24, 2.45) is 0 Å². The van der Waals surface area contributed by atoms with E-state index in [1.54, 1.807) is 20.4 Å².